The van der Waals surface area contributed by atoms with Gasteiger partial charge in [-0.1, -0.05) is 25.1 Å². The summed E-state index contributed by atoms with van der Waals surface area (Å²) >= 11 is 1.63. The Kier molecular flexibility index (Phi) is 6.08. The second-order valence-electron chi connectivity index (χ2n) is 8.28. The summed E-state index contributed by atoms with van der Waals surface area (Å²) in [4.78, 5) is 15.1. The standard InChI is InChI=1S/C22H28N2O3S2/c1-16-7-8-20-18(13-16)14-21(28-20)22(25)23-15-17-9-11-24(12-10-17)29(26,27)19-5-3-2-4-6-19/h2-6,14,16-17H,7-13,15H2,1H3,(H,23,25). The number of sulfonamides is 1. The van der Waals surface area contributed by atoms with Crippen molar-refractivity contribution in [2.45, 2.75) is 43.9 Å². The first-order chi connectivity index (χ1) is 13.9. The fourth-order valence-corrected chi connectivity index (χ4v) is 6.85. The minimum absolute atomic E-state index is 0.0105. The smallest absolute Gasteiger partial charge is 0.261 e. The average Bonchev–Trinajstić information content (AvgIpc) is 3.16. The summed E-state index contributed by atoms with van der Waals surface area (Å²) in [5.74, 6) is 1.03. The number of benzene rings is 1. The van der Waals surface area contributed by atoms with E-state index in [0.717, 1.165) is 30.6 Å². The summed E-state index contributed by atoms with van der Waals surface area (Å²) < 4.78 is 27.0. The quantitative estimate of drug-likeness (QED) is 0.783. The van der Waals surface area contributed by atoms with Gasteiger partial charge in [0.1, 0.15) is 0 Å². The van der Waals surface area contributed by atoms with Gasteiger partial charge in [0.05, 0.1) is 9.77 Å². The van der Waals surface area contributed by atoms with E-state index in [4.69, 9.17) is 0 Å². The lowest BCUT2D eigenvalue weighted by Gasteiger charge is -2.31. The van der Waals surface area contributed by atoms with E-state index in [1.807, 2.05) is 6.07 Å². The SMILES string of the molecule is CC1CCc2sc(C(=O)NCC3CCN(S(=O)(=O)c4ccccc4)CC3)cc2C1. The van der Waals surface area contributed by atoms with Gasteiger partial charge in [-0.25, -0.2) is 8.42 Å². The molecule has 0 saturated carbocycles. The van der Waals surface area contributed by atoms with Crippen molar-refractivity contribution < 1.29 is 13.2 Å². The highest BCUT2D eigenvalue weighted by atomic mass is 32.2. The number of nitrogens with zero attached hydrogens (tertiary/aromatic N) is 1. The molecule has 1 saturated heterocycles. The molecule has 2 aliphatic rings. The fourth-order valence-electron chi connectivity index (χ4n) is 4.24. The number of hydrogen-bond acceptors (Lipinski definition) is 4. The zero-order valence-corrected chi connectivity index (χ0v) is 18.4. The van der Waals surface area contributed by atoms with E-state index in [2.05, 4.69) is 18.3 Å². The van der Waals surface area contributed by atoms with Crippen LogP contribution in [0, 0.1) is 11.8 Å². The summed E-state index contributed by atoms with van der Waals surface area (Å²) in [5, 5.41) is 3.08. The third-order valence-corrected chi connectivity index (χ3v) is 9.21. The minimum Gasteiger partial charge on any atom is -0.351 e. The molecule has 7 heteroatoms. The fraction of sp³-hybridized carbons (Fsp3) is 0.500. The summed E-state index contributed by atoms with van der Waals surface area (Å²) in [6, 6.07) is 10.7. The van der Waals surface area contributed by atoms with Crippen molar-refractivity contribution in [2.24, 2.45) is 11.8 Å². The van der Waals surface area contributed by atoms with E-state index in [1.165, 1.54) is 16.9 Å². The van der Waals surface area contributed by atoms with Crippen LogP contribution >= 0.6 is 11.3 Å². The molecule has 1 aromatic heterocycles. The number of thiophene rings is 1. The molecule has 0 bridgehead atoms. The molecule has 29 heavy (non-hydrogen) atoms. The Morgan fingerprint density at radius 1 is 1.17 bits per heavy atom. The summed E-state index contributed by atoms with van der Waals surface area (Å²) in [5.41, 5.74) is 1.35. The van der Waals surface area contributed by atoms with Crippen molar-refractivity contribution >= 4 is 27.3 Å². The van der Waals surface area contributed by atoms with Gasteiger partial charge >= 0.3 is 0 Å². The first kappa shape index (κ1) is 20.6. The molecule has 5 nitrogen and oxygen atoms in total. The molecule has 2 aromatic rings. The maximum atomic E-state index is 12.7. The Hall–Kier alpha value is -1.70. The predicted octanol–water partition coefficient (Wildman–Crippen LogP) is 3.70. The van der Waals surface area contributed by atoms with E-state index in [9.17, 15) is 13.2 Å². The third-order valence-electron chi connectivity index (χ3n) is 6.06. The molecule has 156 valence electrons. The molecular formula is C22H28N2O3S2. The van der Waals surface area contributed by atoms with Crippen molar-refractivity contribution in [1.82, 2.24) is 9.62 Å². The van der Waals surface area contributed by atoms with Gasteiger partial charge in [0.25, 0.3) is 5.91 Å². The number of carbonyl (C=O) groups is 1. The van der Waals surface area contributed by atoms with Crippen molar-refractivity contribution in [3.05, 3.63) is 51.7 Å². The van der Waals surface area contributed by atoms with Crippen LogP contribution < -0.4 is 5.32 Å². The van der Waals surface area contributed by atoms with Gasteiger partial charge < -0.3 is 5.32 Å². The van der Waals surface area contributed by atoms with Crippen molar-refractivity contribution in [2.75, 3.05) is 19.6 Å². The monoisotopic (exact) mass is 432 g/mol. The molecule has 1 amide bonds. The highest BCUT2D eigenvalue weighted by Gasteiger charge is 2.29. The van der Waals surface area contributed by atoms with Crippen LogP contribution in [0.4, 0.5) is 0 Å². The highest BCUT2D eigenvalue weighted by Crippen LogP contribution is 2.32. The van der Waals surface area contributed by atoms with Gasteiger partial charge in [-0.15, -0.1) is 11.3 Å². The number of piperidine rings is 1. The predicted molar refractivity (Wildman–Crippen MR) is 116 cm³/mol. The van der Waals surface area contributed by atoms with E-state index < -0.39 is 10.0 Å². The molecule has 1 N–H and O–H groups in total. The van der Waals surface area contributed by atoms with E-state index in [1.54, 1.807) is 39.9 Å². The number of nitrogens with one attached hydrogen (secondary N) is 1. The van der Waals surface area contributed by atoms with Crippen LogP contribution in [0.25, 0.3) is 0 Å². The zero-order chi connectivity index (χ0) is 20.4. The van der Waals surface area contributed by atoms with E-state index >= 15 is 0 Å². The second-order valence-corrected chi connectivity index (χ2v) is 11.4. The summed E-state index contributed by atoms with van der Waals surface area (Å²) in [6.45, 7) is 3.88. The van der Waals surface area contributed by atoms with Crippen molar-refractivity contribution in [3.63, 3.8) is 0 Å². The molecule has 1 aromatic carbocycles. The van der Waals surface area contributed by atoms with Gasteiger partial charge in [-0.05, 0) is 67.7 Å². The van der Waals surface area contributed by atoms with E-state index in [-0.39, 0.29) is 5.91 Å². The van der Waals surface area contributed by atoms with E-state index in [0.29, 0.717) is 36.4 Å². The number of hydrogen-bond donors (Lipinski definition) is 1. The van der Waals surface area contributed by atoms with Gasteiger partial charge in [-0.2, -0.15) is 4.31 Å². The van der Waals surface area contributed by atoms with Gasteiger partial charge in [-0.3, -0.25) is 4.79 Å². The molecule has 4 rings (SSSR count). The minimum atomic E-state index is -3.42. The van der Waals surface area contributed by atoms with Gasteiger partial charge in [0, 0.05) is 24.5 Å². The Bertz CT molecular complexity index is 961. The average molecular weight is 433 g/mol. The summed E-state index contributed by atoms with van der Waals surface area (Å²) in [7, 11) is -3.42. The first-order valence-electron chi connectivity index (χ1n) is 10.4. The topological polar surface area (TPSA) is 66.5 Å². The molecule has 0 radical (unpaired) electrons. The lowest BCUT2D eigenvalue weighted by Crippen LogP contribution is -2.41. The zero-order valence-electron chi connectivity index (χ0n) is 16.8. The second kappa shape index (κ2) is 8.58. The number of aryl methyl sites for hydroxylation is 1. The van der Waals surface area contributed by atoms with Gasteiger partial charge in [0.2, 0.25) is 10.0 Å². The Labute approximate surface area is 177 Å². The first-order valence-corrected chi connectivity index (χ1v) is 12.6. The lowest BCUT2D eigenvalue weighted by molar-refractivity contribution is 0.0945. The highest BCUT2D eigenvalue weighted by molar-refractivity contribution is 7.89. The van der Waals surface area contributed by atoms with Crippen LogP contribution in [0.3, 0.4) is 0 Å². The van der Waals surface area contributed by atoms with Crippen molar-refractivity contribution in [1.29, 1.82) is 0 Å². The molecular weight excluding hydrogens is 404 g/mol. The van der Waals surface area contributed by atoms with Crippen LogP contribution in [-0.2, 0) is 22.9 Å². The maximum absolute atomic E-state index is 12.7. The molecule has 1 aliphatic carbocycles. The van der Waals surface area contributed by atoms with Crippen LogP contribution in [0.5, 0.6) is 0 Å². The van der Waals surface area contributed by atoms with Crippen LogP contribution in [0.2, 0.25) is 0 Å². The molecule has 0 spiro atoms. The third kappa shape index (κ3) is 4.57. The largest absolute Gasteiger partial charge is 0.351 e. The van der Waals surface area contributed by atoms with Crippen molar-refractivity contribution in [3.8, 4) is 0 Å². The Morgan fingerprint density at radius 2 is 1.90 bits per heavy atom. The van der Waals surface area contributed by atoms with Crippen LogP contribution in [-0.4, -0.2) is 38.3 Å². The molecule has 1 aliphatic heterocycles. The Morgan fingerprint density at radius 3 is 2.62 bits per heavy atom. The van der Waals surface area contributed by atoms with Gasteiger partial charge in [0.15, 0.2) is 0 Å². The number of fused-ring (bicyclic) bond motifs is 1. The molecule has 2 heterocycles. The molecule has 1 atom stereocenters. The lowest BCUT2D eigenvalue weighted by atomic mass is 9.90. The summed E-state index contributed by atoms with van der Waals surface area (Å²) in [6.07, 6.45) is 4.91. The number of carbonyl (C=O) groups excluding carboxylic acids is 1. The number of rotatable bonds is 5. The van der Waals surface area contributed by atoms with Crippen LogP contribution in [0.15, 0.2) is 41.3 Å². The molecule has 1 unspecified atom stereocenters. The Balaban J connectivity index is 1.29. The molecule has 1 fully saturated rings. The number of amides is 1. The normalized spacial score (nSPS) is 20.9. The maximum Gasteiger partial charge on any atom is 0.261 e. The van der Waals surface area contributed by atoms with Crippen LogP contribution in [0.1, 0.15) is 46.3 Å².